The Hall–Kier alpha value is -0.850. The van der Waals surface area contributed by atoms with Crippen LogP contribution in [0.15, 0.2) is 29.6 Å². The third-order valence-electron chi connectivity index (χ3n) is 3.87. The van der Waals surface area contributed by atoms with E-state index in [1.807, 2.05) is 18.2 Å². The number of halogens is 2. The third kappa shape index (κ3) is 5.06. The van der Waals surface area contributed by atoms with Crippen LogP contribution in [-0.4, -0.2) is 42.7 Å². The van der Waals surface area contributed by atoms with Gasteiger partial charge >= 0.3 is 0 Å². The lowest BCUT2D eigenvalue weighted by Gasteiger charge is -2.33. The summed E-state index contributed by atoms with van der Waals surface area (Å²) in [6, 6.07) is 8.66. The van der Waals surface area contributed by atoms with Crippen molar-refractivity contribution < 1.29 is 4.74 Å². The Bertz CT molecular complexity index is 609. The van der Waals surface area contributed by atoms with Gasteiger partial charge in [0.25, 0.3) is 0 Å². The highest BCUT2D eigenvalue weighted by molar-refractivity contribution is 7.13. The number of ether oxygens (including phenoxy) is 1. The van der Waals surface area contributed by atoms with Crippen molar-refractivity contribution in [2.24, 2.45) is 0 Å². The van der Waals surface area contributed by atoms with Gasteiger partial charge in [0.05, 0.1) is 12.8 Å². The van der Waals surface area contributed by atoms with E-state index in [1.54, 1.807) is 18.4 Å². The predicted octanol–water partition coefficient (Wildman–Crippen LogP) is 3.46. The van der Waals surface area contributed by atoms with Crippen LogP contribution in [0.4, 0.5) is 0 Å². The van der Waals surface area contributed by atoms with E-state index in [0.29, 0.717) is 6.04 Å². The van der Waals surface area contributed by atoms with Gasteiger partial charge in [-0.3, -0.25) is 4.90 Å². The lowest BCUT2D eigenvalue weighted by Crippen LogP contribution is -2.49. The van der Waals surface area contributed by atoms with Crippen molar-refractivity contribution in [1.82, 2.24) is 15.2 Å². The molecule has 128 valence electrons. The summed E-state index contributed by atoms with van der Waals surface area (Å²) in [5.74, 6) is 0.875. The van der Waals surface area contributed by atoms with Crippen LogP contribution in [0, 0.1) is 0 Å². The molecule has 0 radical (unpaired) electrons. The van der Waals surface area contributed by atoms with Gasteiger partial charge in [0.2, 0.25) is 0 Å². The molecule has 1 aromatic carbocycles. The van der Waals surface area contributed by atoms with Crippen molar-refractivity contribution in [3.8, 4) is 16.3 Å². The minimum Gasteiger partial charge on any atom is -0.497 e. The van der Waals surface area contributed by atoms with E-state index in [-0.39, 0.29) is 24.8 Å². The Balaban J connectivity index is 0.00000132. The van der Waals surface area contributed by atoms with Crippen LogP contribution < -0.4 is 10.1 Å². The molecule has 1 aliphatic heterocycles. The van der Waals surface area contributed by atoms with Gasteiger partial charge in [-0.15, -0.1) is 36.2 Å². The SMILES string of the molecule is COc1cccc(-c2nc(CN3CCNC[C@H]3C)cs2)c1.Cl.Cl. The van der Waals surface area contributed by atoms with Crippen molar-refractivity contribution in [1.29, 1.82) is 0 Å². The van der Waals surface area contributed by atoms with Crippen LogP contribution >= 0.6 is 36.2 Å². The van der Waals surface area contributed by atoms with Gasteiger partial charge in [-0.05, 0) is 19.1 Å². The lowest BCUT2D eigenvalue weighted by molar-refractivity contribution is 0.164. The van der Waals surface area contributed by atoms with E-state index in [1.165, 1.54) is 0 Å². The first-order valence-corrected chi connectivity index (χ1v) is 8.18. The summed E-state index contributed by atoms with van der Waals surface area (Å²) < 4.78 is 5.28. The quantitative estimate of drug-likeness (QED) is 0.887. The number of aromatic nitrogens is 1. The molecule has 1 N–H and O–H groups in total. The zero-order valence-corrected chi connectivity index (χ0v) is 15.8. The lowest BCUT2D eigenvalue weighted by atomic mass is 10.2. The molecule has 23 heavy (non-hydrogen) atoms. The first-order valence-electron chi connectivity index (χ1n) is 7.30. The maximum absolute atomic E-state index is 5.28. The summed E-state index contributed by atoms with van der Waals surface area (Å²) in [6.45, 7) is 6.42. The van der Waals surface area contributed by atoms with E-state index in [4.69, 9.17) is 9.72 Å². The van der Waals surface area contributed by atoms with Crippen molar-refractivity contribution >= 4 is 36.2 Å². The molecular formula is C16H23Cl2N3OS. The van der Waals surface area contributed by atoms with Gasteiger partial charge in [-0.25, -0.2) is 4.98 Å². The molecule has 0 saturated carbocycles. The second-order valence-electron chi connectivity index (χ2n) is 5.40. The standard InChI is InChI=1S/C16H21N3OS.2ClH/c1-12-9-17-6-7-19(12)10-14-11-21-16(18-14)13-4-3-5-15(8-13)20-2;;/h3-5,8,11-12,17H,6-7,9-10H2,1-2H3;2*1H/t12-;;/m1../s1. The fourth-order valence-electron chi connectivity index (χ4n) is 2.59. The molecular weight excluding hydrogens is 353 g/mol. The summed E-state index contributed by atoms with van der Waals surface area (Å²) in [4.78, 5) is 7.27. The van der Waals surface area contributed by atoms with Gasteiger partial charge in [-0.2, -0.15) is 0 Å². The first-order chi connectivity index (χ1) is 10.3. The molecule has 2 heterocycles. The molecule has 1 atom stereocenters. The van der Waals surface area contributed by atoms with Gasteiger partial charge in [0, 0.05) is 43.2 Å². The maximum atomic E-state index is 5.28. The zero-order chi connectivity index (χ0) is 14.7. The number of thiazole rings is 1. The van der Waals surface area contributed by atoms with Crippen LogP contribution in [-0.2, 0) is 6.54 Å². The monoisotopic (exact) mass is 375 g/mol. The van der Waals surface area contributed by atoms with Crippen molar-refractivity contribution in [2.45, 2.75) is 19.5 Å². The van der Waals surface area contributed by atoms with Crippen molar-refractivity contribution in [3.63, 3.8) is 0 Å². The van der Waals surface area contributed by atoms with E-state index < -0.39 is 0 Å². The fourth-order valence-corrected chi connectivity index (χ4v) is 3.40. The van der Waals surface area contributed by atoms with Gasteiger partial charge < -0.3 is 10.1 Å². The summed E-state index contributed by atoms with van der Waals surface area (Å²) in [7, 11) is 1.69. The average Bonchev–Trinajstić information content (AvgIpc) is 2.98. The second kappa shape index (κ2) is 9.45. The molecule has 4 nitrogen and oxygen atoms in total. The first kappa shape index (κ1) is 20.2. The number of hydrogen-bond donors (Lipinski definition) is 1. The Morgan fingerprint density at radius 1 is 1.39 bits per heavy atom. The van der Waals surface area contributed by atoms with E-state index >= 15 is 0 Å². The zero-order valence-electron chi connectivity index (χ0n) is 13.3. The second-order valence-corrected chi connectivity index (χ2v) is 6.26. The van der Waals surface area contributed by atoms with E-state index in [9.17, 15) is 0 Å². The van der Waals surface area contributed by atoms with E-state index in [0.717, 1.165) is 48.2 Å². The number of nitrogens with zero attached hydrogens (tertiary/aromatic N) is 2. The largest absolute Gasteiger partial charge is 0.497 e. The molecule has 3 rings (SSSR count). The molecule has 0 spiro atoms. The molecule has 2 aromatic rings. The minimum atomic E-state index is 0. The molecule has 0 bridgehead atoms. The predicted molar refractivity (Wildman–Crippen MR) is 101 cm³/mol. The van der Waals surface area contributed by atoms with Gasteiger partial charge in [-0.1, -0.05) is 12.1 Å². The van der Waals surface area contributed by atoms with Crippen LogP contribution in [0.2, 0.25) is 0 Å². The maximum Gasteiger partial charge on any atom is 0.123 e. The van der Waals surface area contributed by atoms with Crippen molar-refractivity contribution in [2.75, 3.05) is 26.7 Å². The Morgan fingerprint density at radius 2 is 2.22 bits per heavy atom. The highest BCUT2D eigenvalue weighted by atomic mass is 35.5. The third-order valence-corrected chi connectivity index (χ3v) is 4.81. The molecule has 1 saturated heterocycles. The van der Waals surface area contributed by atoms with Gasteiger partial charge in [0.1, 0.15) is 10.8 Å². The van der Waals surface area contributed by atoms with Crippen LogP contribution in [0.1, 0.15) is 12.6 Å². The topological polar surface area (TPSA) is 37.4 Å². The fraction of sp³-hybridized carbons (Fsp3) is 0.438. The molecule has 0 amide bonds. The molecule has 0 unspecified atom stereocenters. The summed E-state index contributed by atoms with van der Waals surface area (Å²) in [5, 5.41) is 6.65. The highest BCUT2D eigenvalue weighted by Gasteiger charge is 2.19. The highest BCUT2D eigenvalue weighted by Crippen LogP contribution is 2.27. The Kier molecular flexibility index (Phi) is 8.29. The number of hydrogen-bond acceptors (Lipinski definition) is 5. The summed E-state index contributed by atoms with van der Waals surface area (Å²) >= 11 is 1.70. The Morgan fingerprint density at radius 3 is 2.96 bits per heavy atom. The van der Waals surface area contributed by atoms with Crippen LogP contribution in [0.25, 0.3) is 10.6 Å². The average molecular weight is 376 g/mol. The normalized spacial score (nSPS) is 17.9. The number of methoxy groups -OCH3 is 1. The molecule has 1 aromatic heterocycles. The molecule has 7 heteroatoms. The number of nitrogens with one attached hydrogen (secondary N) is 1. The minimum absolute atomic E-state index is 0. The molecule has 1 aliphatic rings. The molecule has 1 fully saturated rings. The number of rotatable bonds is 4. The van der Waals surface area contributed by atoms with Crippen LogP contribution in [0.5, 0.6) is 5.75 Å². The number of benzene rings is 1. The van der Waals surface area contributed by atoms with Gasteiger partial charge in [0.15, 0.2) is 0 Å². The van der Waals surface area contributed by atoms with E-state index in [2.05, 4.69) is 28.6 Å². The van der Waals surface area contributed by atoms with Crippen molar-refractivity contribution in [3.05, 3.63) is 35.3 Å². The summed E-state index contributed by atoms with van der Waals surface area (Å²) in [5.41, 5.74) is 2.28. The summed E-state index contributed by atoms with van der Waals surface area (Å²) in [6.07, 6.45) is 0. The Labute approximate surface area is 154 Å². The number of piperazine rings is 1. The smallest absolute Gasteiger partial charge is 0.123 e. The van der Waals surface area contributed by atoms with Crippen LogP contribution in [0.3, 0.4) is 0 Å². The molecule has 0 aliphatic carbocycles.